The Morgan fingerprint density at radius 3 is 2.47 bits per heavy atom. The predicted octanol–water partition coefficient (Wildman–Crippen LogP) is 3.22. The normalized spacial score (nSPS) is 22.2. The molecule has 3 nitrogen and oxygen atoms in total. The first-order chi connectivity index (χ1) is 8.54. The fourth-order valence-corrected chi connectivity index (χ4v) is 3.00. The van der Waals surface area contributed by atoms with Crippen molar-refractivity contribution >= 4 is 41.5 Å². The maximum atomic E-state index is 12.5. The monoisotopic (exact) mass is 322 g/mol. The van der Waals surface area contributed by atoms with Crippen LogP contribution in [0.3, 0.4) is 0 Å². The predicted molar refractivity (Wildman–Crippen MR) is 81.4 cm³/mol. The van der Waals surface area contributed by atoms with E-state index in [1.54, 1.807) is 18.2 Å². The molecule has 0 aromatic heterocycles. The highest BCUT2D eigenvalue weighted by molar-refractivity contribution is 6.39. The Morgan fingerprint density at radius 1 is 1.42 bits per heavy atom. The molecule has 1 aliphatic rings. The zero-order chi connectivity index (χ0) is 13.3. The summed E-state index contributed by atoms with van der Waals surface area (Å²) in [5, 5.41) is 0.798. The molecule has 1 saturated heterocycles. The number of halogens is 3. The second-order valence-corrected chi connectivity index (χ2v) is 5.56. The summed E-state index contributed by atoms with van der Waals surface area (Å²) < 4.78 is 0. The van der Waals surface area contributed by atoms with Crippen LogP contribution in [-0.4, -0.2) is 29.9 Å². The summed E-state index contributed by atoms with van der Waals surface area (Å²) in [6.07, 6.45) is 0.935. The fraction of sp³-hybridized carbons (Fsp3) is 0.462. The molecule has 6 heteroatoms. The van der Waals surface area contributed by atoms with E-state index in [1.807, 2.05) is 11.8 Å². The van der Waals surface area contributed by atoms with Crippen molar-refractivity contribution in [3.63, 3.8) is 0 Å². The lowest BCUT2D eigenvalue weighted by atomic mass is 10.1. The molecule has 2 rings (SSSR count). The smallest absolute Gasteiger partial charge is 0.257 e. The van der Waals surface area contributed by atoms with Crippen LogP contribution in [-0.2, 0) is 0 Å². The van der Waals surface area contributed by atoms with Crippen molar-refractivity contribution in [3.05, 3.63) is 33.8 Å². The summed E-state index contributed by atoms with van der Waals surface area (Å²) in [5.74, 6) is 0.263. The van der Waals surface area contributed by atoms with Crippen molar-refractivity contribution < 1.29 is 4.79 Å². The molecule has 1 aromatic rings. The average Bonchev–Trinajstić information content (AvgIpc) is 2.70. The maximum Gasteiger partial charge on any atom is 0.257 e. The molecule has 2 N–H and O–H groups in total. The highest BCUT2D eigenvalue weighted by Crippen LogP contribution is 2.30. The molecule has 0 bridgehead atoms. The van der Waals surface area contributed by atoms with E-state index in [1.165, 1.54) is 0 Å². The summed E-state index contributed by atoms with van der Waals surface area (Å²) >= 11 is 12.1. The van der Waals surface area contributed by atoms with Gasteiger partial charge in [-0.05, 0) is 37.9 Å². The molecule has 19 heavy (non-hydrogen) atoms. The molecule has 0 spiro atoms. The molecular weight excluding hydrogens is 307 g/mol. The Morgan fingerprint density at radius 2 is 2.00 bits per heavy atom. The Hall–Kier alpha value is -0.480. The van der Waals surface area contributed by atoms with Crippen molar-refractivity contribution in [1.82, 2.24) is 4.90 Å². The number of hydrogen-bond donors (Lipinski definition) is 1. The summed E-state index contributed by atoms with van der Waals surface area (Å²) in [6, 6.07) is 5.28. The topological polar surface area (TPSA) is 46.3 Å². The molecule has 0 saturated carbocycles. The molecule has 0 aliphatic carbocycles. The number of carbonyl (C=O) groups is 1. The Labute approximate surface area is 129 Å². The highest BCUT2D eigenvalue weighted by atomic mass is 35.5. The number of nitrogens with zero attached hydrogens (tertiary/aromatic N) is 1. The van der Waals surface area contributed by atoms with Gasteiger partial charge in [0.25, 0.3) is 5.91 Å². The Balaban J connectivity index is 0.00000180. The van der Waals surface area contributed by atoms with Gasteiger partial charge in [0.1, 0.15) is 0 Å². The second-order valence-electron chi connectivity index (χ2n) is 4.74. The third-order valence-corrected chi connectivity index (χ3v) is 4.06. The number of likely N-dealkylation sites (tertiary alicyclic amines) is 1. The molecule has 1 amide bonds. The van der Waals surface area contributed by atoms with Gasteiger partial charge in [-0.3, -0.25) is 4.79 Å². The van der Waals surface area contributed by atoms with Crippen LogP contribution in [0, 0.1) is 5.92 Å². The highest BCUT2D eigenvalue weighted by Gasteiger charge is 2.33. The van der Waals surface area contributed by atoms with E-state index in [2.05, 4.69) is 0 Å². The fourth-order valence-electron chi connectivity index (χ4n) is 2.44. The molecular formula is C13H17Cl3N2O. The molecule has 2 atom stereocenters. The molecule has 106 valence electrons. The second kappa shape index (κ2) is 6.80. The van der Waals surface area contributed by atoms with Gasteiger partial charge in [-0.25, -0.2) is 0 Å². The van der Waals surface area contributed by atoms with Gasteiger partial charge in [0.2, 0.25) is 0 Å². The molecule has 2 unspecified atom stereocenters. The Bertz CT molecular complexity index is 447. The lowest BCUT2D eigenvalue weighted by Gasteiger charge is -2.22. The summed E-state index contributed by atoms with van der Waals surface area (Å²) in [6.45, 7) is 3.31. The number of amides is 1. The number of hydrogen-bond acceptors (Lipinski definition) is 2. The van der Waals surface area contributed by atoms with E-state index >= 15 is 0 Å². The number of nitrogens with two attached hydrogens (primary N) is 1. The van der Waals surface area contributed by atoms with E-state index < -0.39 is 0 Å². The van der Waals surface area contributed by atoms with Crippen LogP contribution >= 0.6 is 35.6 Å². The first-order valence-corrected chi connectivity index (χ1v) is 6.75. The average molecular weight is 324 g/mol. The third-order valence-electron chi connectivity index (χ3n) is 3.43. The minimum absolute atomic E-state index is 0. The van der Waals surface area contributed by atoms with Gasteiger partial charge in [-0.1, -0.05) is 29.3 Å². The van der Waals surface area contributed by atoms with Crippen LogP contribution in [0.1, 0.15) is 23.7 Å². The van der Waals surface area contributed by atoms with Crippen molar-refractivity contribution in [2.45, 2.75) is 19.4 Å². The maximum absolute atomic E-state index is 12.5. The van der Waals surface area contributed by atoms with Gasteiger partial charge in [0, 0.05) is 12.6 Å². The zero-order valence-corrected chi connectivity index (χ0v) is 12.9. The molecule has 1 heterocycles. The standard InChI is InChI=1S/C13H16Cl2N2O.ClH/c1-8-5-9(6-16)7-17(8)13(18)12-10(14)3-2-4-11(12)15;/h2-4,8-9H,5-7,16H2,1H3;1H. The van der Waals surface area contributed by atoms with Crippen molar-refractivity contribution in [1.29, 1.82) is 0 Å². The van der Waals surface area contributed by atoms with Crippen LogP contribution in [0.25, 0.3) is 0 Å². The summed E-state index contributed by atoms with van der Waals surface area (Å²) in [4.78, 5) is 14.3. The third kappa shape index (κ3) is 3.34. The van der Waals surface area contributed by atoms with E-state index in [9.17, 15) is 4.79 Å². The summed E-state index contributed by atoms with van der Waals surface area (Å²) in [7, 11) is 0. The van der Waals surface area contributed by atoms with Crippen LogP contribution in [0.5, 0.6) is 0 Å². The zero-order valence-electron chi connectivity index (χ0n) is 10.6. The lowest BCUT2D eigenvalue weighted by molar-refractivity contribution is 0.0744. The minimum atomic E-state index is -0.103. The van der Waals surface area contributed by atoms with Crippen molar-refractivity contribution in [2.24, 2.45) is 11.7 Å². The molecule has 1 aromatic carbocycles. The van der Waals surface area contributed by atoms with E-state index in [4.69, 9.17) is 28.9 Å². The van der Waals surface area contributed by atoms with Crippen LogP contribution in [0.2, 0.25) is 10.0 Å². The van der Waals surface area contributed by atoms with E-state index in [-0.39, 0.29) is 24.4 Å². The summed E-state index contributed by atoms with van der Waals surface area (Å²) in [5.41, 5.74) is 6.06. The SMILES string of the molecule is CC1CC(CN)CN1C(=O)c1c(Cl)cccc1Cl.Cl. The number of benzene rings is 1. The quantitative estimate of drug-likeness (QED) is 0.908. The minimum Gasteiger partial charge on any atom is -0.336 e. The Kier molecular flexibility index (Phi) is 5.93. The van der Waals surface area contributed by atoms with Gasteiger partial charge in [-0.15, -0.1) is 12.4 Å². The van der Waals surface area contributed by atoms with Crippen LogP contribution in [0.15, 0.2) is 18.2 Å². The molecule has 0 radical (unpaired) electrons. The van der Waals surface area contributed by atoms with E-state index in [0.717, 1.165) is 6.42 Å². The largest absolute Gasteiger partial charge is 0.336 e. The lowest BCUT2D eigenvalue weighted by Crippen LogP contribution is -2.34. The van der Waals surface area contributed by atoms with Gasteiger partial charge in [-0.2, -0.15) is 0 Å². The van der Waals surface area contributed by atoms with Crippen LogP contribution < -0.4 is 5.73 Å². The van der Waals surface area contributed by atoms with Crippen LogP contribution in [0.4, 0.5) is 0 Å². The molecule has 1 fully saturated rings. The van der Waals surface area contributed by atoms with Gasteiger partial charge in [0.05, 0.1) is 15.6 Å². The first kappa shape index (κ1) is 16.6. The molecule has 1 aliphatic heterocycles. The van der Waals surface area contributed by atoms with Gasteiger partial charge >= 0.3 is 0 Å². The van der Waals surface area contributed by atoms with Gasteiger partial charge in [0.15, 0.2) is 0 Å². The first-order valence-electron chi connectivity index (χ1n) is 5.99. The number of rotatable bonds is 2. The number of carbonyl (C=O) groups excluding carboxylic acids is 1. The van der Waals surface area contributed by atoms with Crippen molar-refractivity contribution in [3.8, 4) is 0 Å². The van der Waals surface area contributed by atoms with Gasteiger partial charge < -0.3 is 10.6 Å². The van der Waals surface area contributed by atoms with E-state index in [0.29, 0.717) is 34.6 Å². The van der Waals surface area contributed by atoms with Crippen molar-refractivity contribution in [2.75, 3.05) is 13.1 Å².